The van der Waals surface area contributed by atoms with E-state index in [9.17, 15) is 0 Å². The van der Waals surface area contributed by atoms with Gasteiger partial charge in [-0.1, -0.05) is 13.8 Å². The van der Waals surface area contributed by atoms with Crippen LogP contribution in [0.5, 0.6) is 0 Å². The summed E-state index contributed by atoms with van der Waals surface area (Å²) in [5.74, 6) is 3.04. The van der Waals surface area contributed by atoms with Crippen molar-refractivity contribution in [3.8, 4) is 0 Å². The van der Waals surface area contributed by atoms with Gasteiger partial charge in [-0.25, -0.2) is 0 Å². The molecule has 0 bridgehead atoms. The van der Waals surface area contributed by atoms with Crippen molar-refractivity contribution in [2.75, 3.05) is 13.6 Å². The SMILES string of the molecule is CC(C)C1C[C@@H]2C[C@@H]2CN1C. The maximum atomic E-state index is 2.57. The highest BCUT2D eigenvalue weighted by molar-refractivity contribution is 4.97. The summed E-state index contributed by atoms with van der Waals surface area (Å²) in [6.45, 7) is 6.07. The number of likely N-dealkylation sites (tertiary alicyclic amines) is 1. The van der Waals surface area contributed by atoms with Crippen LogP contribution in [0.4, 0.5) is 0 Å². The van der Waals surface area contributed by atoms with Gasteiger partial charge in [0.1, 0.15) is 0 Å². The van der Waals surface area contributed by atoms with Gasteiger partial charge in [0.05, 0.1) is 0 Å². The zero-order valence-electron chi connectivity index (χ0n) is 7.88. The van der Waals surface area contributed by atoms with Crippen LogP contribution >= 0.6 is 0 Å². The van der Waals surface area contributed by atoms with Crippen LogP contribution in [-0.2, 0) is 0 Å². The van der Waals surface area contributed by atoms with Gasteiger partial charge in [-0.3, -0.25) is 0 Å². The molecule has 11 heavy (non-hydrogen) atoms. The van der Waals surface area contributed by atoms with Gasteiger partial charge in [0.15, 0.2) is 0 Å². The van der Waals surface area contributed by atoms with Crippen molar-refractivity contribution in [3.63, 3.8) is 0 Å². The molecule has 64 valence electrons. The minimum atomic E-state index is 0.849. The summed E-state index contributed by atoms with van der Waals surface area (Å²) in [7, 11) is 2.29. The Morgan fingerprint density at radius 2 is 1.91 bits per heavy atom. The molecular formula is C10H19N. The Morgan fingerprint density at radius 3 is 2.55 bits per heavy atom. The van der Waals surface area contributed by atoms with Crippen LogP contribution in [0.15, 0.2) is 0 Å². The fraction of sp³-hybridized carbons (Fsp3) is 1.00. The molecule has 0 N–H and O–H groups in total. The lowest BCUT2D eigenvalue weighted by Gasteiger charge is -2.34. The van der Waals surface area contributed by atoms with Gasteiger partial charge in [0, 0.05) is 12.6 Å². The average Bonchev–Trinajstić information content (AvgIpc) is 2.63. The second kappa shape index (κ2) is 2.48. The molecule has 1 aliphatic carbocycles. The minimum Gasteiger partial charge on any atom is -0.303 e. The fourth-order valence-electron chi connectivity index (χ4n) is 2.60. The molecule has 1 heteroatoms. The Labute approximate surface area is 69.8 Å². The number of rotatable bonds is 1. The van der Waals surface area contributed by atoms with E-state index in [0.29, 0.717) is 0 Å². The predicted octanol–water partition coefficient (Wildman–Crippen LogP) is 1.98. The maximum Gasteiger partial charge on any atom is 0.0118 e. The molecule has 1 aliphatic heterocycles. The second-order valence-electron chi connectivity index (χ2n) is 4.74. The van der Waals surface area contributed by atoms with E-state index < -0.39 is 0 Å². The Morgan fingerprint density at radius 1 is 1.18 bits per heavy atom. The van der Waals surface area contributed by atoms with E-state index in [2.05, 4.69) is 25.8 Å². The highest BCUT2D eigenvalue weighted by Gasteiger charge is 2.44. The van der Waals surface area contributed by atoms with Gasteiger partial charge in [-0.2, -0.15) is 0 Å². The van der Waals surface area contributed by atoms with E-state index in [-0.39, 0.29) is 0 Å². The summed E-state index contributed by atoms with van der Waals surface area (Å²) in [4.78, 5) is 2.57. The molecule has 2 aliphatic rings. The zero-order valence-corrected chi connectivity index (χ0v) is 7.88. The molecule has 1 unspecified atom stereocenters. The molecule has 3 atom stereocenters. The van der Waals surface area contributed by atoms with Crippen LogP contribution < -0.4 is 0 Å². The van der Waals surface area contributed by atoms with Crippen molar-refractivity contribution < 1.29 is 0 Å². The van der Waals surface area contributed by atoms with Crippen LogP contribution in [0.25, 0.3) is 0 Å². The number of piperidine rings is 1. The number of hydrogen-bond donors (Lipinski definition) is 0. The first-order valence-electron chi connectivity index (χ1n) is 4.88. The number of fused-ring (bicyclic) bond motifs is 1. The Kier molecular flexibility index (Phi) is 1.71. The third kappa shape index (κ3) is 1.31. The largest absolute Gasteiger partial charge is 0.303 e. The average molecular weight is 153 g/mol. The lowest BCUT2D eigenvalue weighted by Crippen LogP contribution is -2.40. The van der Waals surface area contributed by atoms with E-state index in [4.69, 9.17) is 0 Å². The molecule has 0 aromatic rings. The summed E-state index contributed by atoms with van der Waals surface area (Å²) in [5.41, 5.74) is 0. The molecule has 2 fully saturated rings. The number of nitrogens with zero attached hydrogens (tertiary/aromatic N) is 1. The van der Waals surface area contributed by atoms with E-state index in [1.807, 2.05) is 0 Å². The first-order chi connectivity index (χ1) is 5.18. The number of hydrogen-bond acceptors (Lipinski definition) is 1. The molecular weight excluding hydrogens is 134 g/mol. The first-order valence-corrected chi connectivity index (χ1v) is 4.88. The van der Waals surface area contributed by atoms with Gasteiger partial charge in [0.25, 0.3) is 0 Å². The molecule has 1 saturated heterocycles. The Bertz CT molecular complexity index is 153. The summed E-state index contributed by atoms with van der Waals surface area (Å²) < 4.78 is 0. The molecule has 1 heterocycles. The van der Waals surface area contributed by atoms with Crippen LogP contribution in [0.3, 0.4) is 0 Å². The summed E-state index contributed by atoms with van der Waals surface area (Å²) in [6, 6.07) is 0.874. The molecule has 2 rings (SSSR count). The smallest absolute Gasteiger partial charge is 0.0118 e. The molecule has 1 nitrogen and oxygen atoms in total. The van der Waals surface area contributed by atoms with Crippen molar-refractivity contribution in [2.45, 2.75) is 32.7 Å². The van der Waals surface area contributed by atoms with Crippen LogP contribution in [0, 0.1) is 17.8 Å². The van der Waals surface area contributed by atoms with E-state index in [1.54, 1.807) is 0 Å². The predicted molar refractivity (Wildman–Crippen MR) is 47.5 cm³/mol. The van der Waals surface area contributed by atoms with Gasteiger partial charge < -0.3 is 4.90 Å². The summed E-state index contributed by atoms with van der Waals surface area (Å²) in [6.07, 6.45) is 2.99. The van der Waals surface area contributed by atoms with Crippen LogP contribution in [0.1, 0.15) is 26.7 Å². The van der Waals surface area contributed by atoms with E-state index >= 15 is 0 Å². The van der Waals surface area contributed by atoms with Gasteiger partial charge in [-0.05, 0) is 37.6 Å². The zero-order chi connectivity index (χ0) is 8.01. The van der Waals surface area contributed by atoms with Crippen LogP contribution in [-0.4, -0.2) is 24.5 Å². The third-order valence-corrected chi connectivity index (χ3v) is 3.47. The van der Waals surface area contributed by atoms with Gasteiger partial charge in [-0.15, -0.1) is 0 Å². The van der Waals surface area contributed by atoms with Crippen molar-refractivity contribution >= 4 is 0 Å². The van der Waals surface area contributed by atoms with E-state index in [0.717, 1.165) is 23.8 Å². The highest BCUT2D eigenvalue weighted by atomic mass is 15.2. The van der Waals surface area contributed by atoms with Crippen molar-refractivity contribution in [1.29, 1.82) is 0 Å². The topological polar surface area (TPSA) is 3.24 Å². The quantitative estimate of drug-likeness (QED) is 0.557. The fourth-order valence-corrected chi connectivity index (χ4v) is 2.60. The molecule has 0 amide bonds. The molecule has 1 saturated carbocycles. The first kappa shape index (κ1) is 7.60. The molecule has 0 spiro atoms. The van der Waals surface area contributed by atoms with Crippen molar-refractivity contribution in [1.82, 2.24) is 4.90 Å². The van der Waals surface area contributed by atoms with E-state index in [1.165, 1.54) is 19.4 Å². The molecule has 0 radical (unpaired) electrons. The third-order valence-electron chi connectivity index (χ3n) is 3.47. The van der Waals surface area contributed by atoms with Gasteiger partial charge in [0.2, 0.25) is 0 Å². The van der Waals surface area contributed by atoms with Gasteiger partial charge >= 0.3 is 0 Å². The second-order valence-corrected chi connectivity index (χ2v) is 4.74. The standard InChI is InChI=1S/C10H19N/c1-7(2)10-5-8-4-9(8)6-11(10)3/h7-10H,4-6H2,1-3H3/t8-,9+,10?/m0/s1. The Balaban J connectivity index is 1.97. The molecule has 0 aromatic carbocycles. The molecule has 0 aromatic heterocycles. The normalized spacial score (nSPS) is 44.2. The highest BCUT2D eigenvalue weighted by Crippen LogP contribution is 2.47. The minimum absolute atomic E-state index is 0.849. The lowest BCUT2D eigenvalue weighted by molar-refractivity contribution is 0.137. The van der Waals surface area contributed by atoms with Crippen LogP contribution in [0.2, 0.25) is 0 Å². The van der Waals surface area contributed by atoms with Crippen molar-refractivity contribution in [2.24, 2.45) is 17.8 Å². The Hall–Kier alpha value is -0.0400. The summed E-state index contributed by atoms with van der Waals surface area (Å²) in [5, 5.41) is 0. The lowest BCUT2D eigenvalue weighted by atomic mass is 9.93. The van der Waals surface area contributed by atoms with Crippen molar-refractivity contribution in [3.05, 3.63) is 0 Å². The monoisotopic (exact) mass is 153 g/mol. The maximum absolute atomic E-state index is 2.57. The summed E-state index contributed by atoms with van der Waals surface area (Å²) >= 11 is 0.